The van der Waals surface area contributed by atoms with Crippen LogP contribution in [0.15, 0.2) is 264 Å². The van der Waals surface area contributed by atoms with Crippen molar-refractivity contribution in [2.45, 2.75) is 19.3 Å². The first kappa shape index (κ1) is 44.9. The Morgan fingerprint density at radius 2 is 0.696 bits per heavy atom. The Labute approximate surface area is 456 Å². The van der Waals surface area contributed by atoms with Crippen LogP contribution in [0.2, 0.25) is 0 Å². The van der Waals surface area contributed by atoms with Gasteiger partial charge in [-0.25, -0.2) is 9.97 Å². The third kappa shape index (κ3) is 6.65. The van der Waals surface area contributed by atoms with Crippen molar-refractivity contribution in [1.82, 2.24) is 9.97 Å². The highest BCUT2D eigenvalue weighted by Crippen LogP contribution is 2.67. The van der Waals surface area contributed by atoms with Gasteiger partial charge in [0, 0.05) is 45.0 Å². The van der Waals surface area contributed by atoms with Crippen molar-refractivity contribution < 1.29 is 8.83 Å². The number of benzene rings is 12. The van der Waals surface area contributed by atoms with Crippen LogP contribution in [-0.2, 0) is 5.41 Å². The van der Waals surface area contributed by atoms with Gasteiger partial charge in [0.05, 0.1) is 16.8 Å². The molecule has 2 aromatic heterocycles. The van der Waals surface area contributed by atoms with E-state index in [-0.39, 0.29) is 0 Å². The number of aromatic nitrogens is 2. The maximum Gasteiger partial charge on any atom is 0.228 e. The van der Waals surface area contributed by atoms with Crippen LogP contribution in [0.25, 0.3) is 88.9 Å². The first-order valence-electron chi connectivity index (χ1n) is 27.0. The van der Waals surface area contributed by atoms with Crippen LogP contribution in [0.3, 0.4) is 0 Å². The zero-order chi connectivity index (χ0) is 52.3. The molecule has 0 fully saturated rings. The molecule has 16 rings (SSSR count). The molecule has 2 aliphatic carbocycles. The zero-order valence-electron chi connectivity index (χ0n) is 43.4. The molecule has 6 heteroatoms. The molecule has 0 saturated heterocycles. The van der Waals surface area contributed by atoms with Crippen molar-refractivity contribution >= 4 is 77.9 Å². The van der Waals surface area contributed by atoms with E-state index in [1.165, 1.54) is 22.3 Å². The van der Waals surface area contributed by atoms with E-state index in [4.69, 9.17) is 18.8 Å². The summed E-state index contributed by atoms with van der Waals surface area (Å²) < 4.78 is 15.3. The van der Waals surface area contributed by atoms with Crippen molar-refractivity contribution in [3.8, 4) is 45.2 Å². The lowest BCUT2D eigenvalue weighted by Gasteiger charge is -2.33. The number of aryl methyl sites for hydroxylation is 2. The maximum absolute atomic E-state index is 7.64. The molecule has 14 aromatic rings. The summed E-state index contributed by atoms with van der Waals surface area (Å²) in [4.78, 5) is 16.2. The highest BCUT2D eigenvalue weighted by atomic mass is 16.4. The summed E-state index contributed by atoms with van der Waals surface area (Å²) in [5, 5.41) is 4.33. The topological polar surface area (TPSA) is 58.5 Å². The van der Waals surface area contributed by atoms with Crippen molar-refractivity contribution in [1.29, 1.82) is 0 Å². The van der Waals surface area contributed by atoms with E-state index in [0.717, 1.165) is 111 Å². The molecule has 0 N–H and O–H groups in total. The van der Waals surface area contributed by atoms with Crippen LogP contribution in [0.1, 0.15) is 33.4 Å². The number of para-hydroxylation sites is 2. The van der Waals surface area contributed by atoms with E-state index in [2.05, 4.69) is 278 Å². The smallest absolute Gasteiger partial charge is 0.228 e. The van der Waals surface area contributed by atoms with E-state index < -0.39 is 5.41 Å². The summed E-state index contributed by atoms with van der Waals surface area (Å²) in [6.45, 7) is 4.31. The van der Waals surface area contributed by atoms with Gasteiger partial charge in [0.2, 0.25) is 11.8 Å². The summed E-state index contributed by atoms with van der Waals surface area (Å²) in [7, 11) is 0. The predicted molar refractivity (Wildman–Crippen MR) is 323 cm³/mol. The Hall–Kier alpha value is -10.3. The summed E-state index contributed by atoms with van der Waals surface area (Å²) >= 11 is 0. The molecule has 0 bridgehead atoms. The van der Waals surface area contributed by atoms with Gasteiger partial charge in [-0.1, -0.05) is 182 Å². The van der Waals surface area contributed by atoms with Gasteiger partial charge in [0.15, 0.2) is 11.2 Å². The van der Waals surface area contributed by atoms with Crippen LogP contribution in [-0.4, -0.2) is 9.97 Å². The molecule has 0 aliphatic heterocycles. The van der Waals surface area contributed by atoms with Crippen molar-refractivity contribution in [2.75, 3.05) is 9.80 Å². The highest BCUT2D eigenvalue weighted by Gasteiger charge is 2.55. The molecule has 1 spiro atoms. The average Bonchev–Trinajstić information content (AvgIpc) is 3.51. The van der Waals surface area contributed by atoms with Crippen LogP contribution < -0.4 is 9.80 Å². The molecule has 2 heterocycles. The predicted octanol–water partition coefficient (Wildman–Crippen LogP) is 19.5. The monoisotopic (exact) mass is 1010 g/mol. The Kier molecular flexibility index (Phi) is 9.88. The number of anilines is 6. The minimum absolute atomic E-state index is 0.532. The molecular weight excluding hydrogens is 965 g/mol. The van der Waals surface area contributed by atoms with E-state index in [1.807, 2.05) is 0 Å². The van der Waals surface area contributed by atoms with Crippen molar-refractivity contribution in [2.24, 2.45) is 0 Å². The first-order chi connectivity index (χ1) is 39.0. The summed E-state index contributed by atoms with van der Waals surface area (Å²) in [6.07, 6.45) is 0. The lowest BCUT2D eigenvalue weighted by molar-refractivity contribution is 0.617. The molecule has 2 aliphatic rings. The third-order valence-electron chi connectivity index (χ3n) is 16.4. The first-order valence-corrected chi connectivity index (χ1v) is 27.0. The molecule has 12 aromatic carbocycles. The number of fused-ring (bicyclic) bond motifs is 16. The zero-order valence-corrected chi connectivity index (χ0v) is 43.4. The van der Waals surface area contributed by atoms with Gasteiger partial charge in [-0.05, 0) is 153 Å². The maximum atomic E-state index is 7.64. The molecule has 6 nitrogen and oxygen atoms in total. The number of nitrogens with zero attached hydrogens (tertiary/aromatic N) is 4. The highest BCUT2D eigenvalue weighted by molar-refractivity contribution is 6.16. The molecule has 79 heavy (non-hydrogen) atoms. The number of hydrogen-bond donors (Lipinski definition) is 0. The van der Waals surface area contributed by atoms with E-state index >= 15 is 0 Å². The van der Waals surface area contributed by atoms with E-state index in [1.54, 1.807) is 0 Å². The van der Waals surface area contributed by atoms with Crippen LogP contribution in [0.4, 0.5) is 34.1 Å². The molecule has 0 unspecified atom stereocenters. The second-order valence-electron chi connectivity index (χ2n) is 20.9. The molecule has 0 radical (unpaired) electrons. The minimum Gasteiger partial charge on any atom is -0.435 e. The standard InChI is InChI=1S/C73H48N4O2/c1-45-21-17-31-51(41-45)76(49-27-5-3-6-28-49)63-43-61-65(69-67(63)74-71(78-69)57-37-19-25-47-23-9-11-33-53(47)57)66-62(73(61)59-39-15-13-35-55(59)56-36-14-16-40-60(56)73)44-64(77(50-29-7-4-8-30-50)52-32-18-22-46(2)42-52)68-70(66)79-72(75-68)58-38-20-26-48-24-10-12-34-54(48)58/h3-44H,1-2H3. The van der Waals surface area contributed by atoms with Gasteiger partial charge >= 0.3 is 0 Å². The Bertz CT molecular complexity index is 4470. The van der Waals surface area contributed by atoms with E-state index in [9.17, 15) is 0 Å². The summed E-state index contributed by atoms with van der Waals surface area (Å²) in [5.74, 6) is 1.06. The Morgan fingerprint density at radius 3 is 1.15 bits per heavy atom. The van der Waals surface area contributed by atoms with Gasteiger partial charge in [0.1, 0.15) is 11.0 Å². The largest absolute Gasteiger partial charge is 0.435 e. The Morgan fingerprint density at radius 1 is 0.329 bits per heavy atom. The number of oxazole rings is 2. The molecule has 0 atom stereocenters. The quantitative estimate of drug-likeness (QED) is 0.151. The van der Waals surface area contributed by atoms with Crippen LogP contribution in [0, 0.1) is 13.8 Å². The second-order valence-corrected chi connectivity index (χ2v) is 20.9. The summed E-state index contributed by atoms with van der Waals surface area (Å²) in [6, 6.07) is 91.2. The third-order valence-corrected chi connectivity index (χ3v) is 16.4. The SMILES string of the molecule is Cc1cccc(N(c2ccccc2)c2cc3c(c4oc(-c5cccc6ccccc56)nc24)-c2c(cc(N(c4ccccc4)c4cccc(C)c4)c4nc(-c5cccc6ccccc56)oc24)C32c3ccccc3-c3ccccc32)c1. The van der Waals surface area contributed by atoms with Crippen molar-refractivity contribution in [3.05, 3.63) is 288 Å². The van der Waals surface area contributed by atoms with Crippen LogP contribution in [0.5, 0.6) is 0 Å². The molecule has 0 saturated carbocycles. The fourth-order valence-electron chi connectivity index (χ4n) is 13.1. The summed E-state index contributed by atoms with van der Waals surface area (Å²) in [5.41, 5.74) is 20.5. The molecule has 372 valence electrons. The van der Waals surface area contributed by atoms with Gasteiger partial charge < -0.3 is 18.6 Å². The Balaban J connectivity index is 1.12. The number of hydrogen-bond acceptors (Lipinski definition) is 6. The second kappa shape index (κ2) is 17.4. The minimum atomic E-state index is -0.896. The van der Waals surface area contributed by atoms with Crippen LogP contribution >= 0.6 is 0 Å². The van der Waals surface area contributed by atoms with Gasteiger partial charge in [-0.3, -0.25) is 0 Å². The fourth-order valence-corrected chi connectivity index (χ4v) is 13.1. The lowest BCUT2D eigenvalue weighted by atomic mass is 9.70. The van der Waals surface area contributed by atoms with Gasteiger partial charge in [0.25, 0.3) is 0 Å². The van der Waals surface area contributed by atoms with E-state index in [0.29, 0.717) is 22.9 Å². The molecule has 0 amide bonds. The molecular formula is C73H48N4O2. The number of rotatable bonds is 8. The average molecular weight is 1010 g/mol. The lowest BCUT2D eigenvalue weighted by Crippen LogP contribution is -2.26. The van der Waals surface area contributed by atoms with Crippen molar-refractivity contribution in [3.63, 3.8) is 0 Å². The van der Waals surface area contributed by atoms with Gasteiger partial charge in [-0.15, -0.1) is 0 Å². The fraction of sp³-hybridized carbons (Fsp3) is 0.0411. The van der Waals surface area contributed by atoms with Gasteiger partial charge in [-0.2, -0.15) is 0 Å². The normalized spacial score (nSPS) is 12.8.